The van der Waals surface area contributed by atoms with Gasteiger partial charge in [-0.15, -0.1) is 0 Å². The molecule has 4 heterocycles. The van der Waals surface area contributed by atoms with Crippen LogP contribution in [-0.4, -0.2) is 18.7 Å². The number of para-hydroxylation sites is 4. The first-order valence-electron chi connectivity index (χ1n) is 19.9. The molecule has 12 rings (SSSR count). The number of pyridine rings is 1. The number of nitriles is 1. The topological polar surface area (TPSA) is 51.5 Å². The monoisotopic (exact) mass is 751 g/mol. The van der Waals surface area contributed by atoms with Gasteiger partial charge in [-0.05, 0) is 84.4 Å². The van der Waals surface area contributed by atoms with E-state index in [1.807, 2.05) is 36.5 Å². The maximum Gasteiger partial charge on any atom is 0.0991 e. The molecule has 0 atom stereocenters. The maximum atomic E-state index is 9.68. The zero-order valence-corrected chi connectivity index (χ0v) is 31.8. The van der Waals surface area contributed by atoms with E-state index in [2.05, 4.69) is 184 Å². The molecule has 0 spiro atoms. The van der Waals surface area contributed by atoms with Gasteiger partial charge in [0.25, 0.3) is 0 Å². The first-order valence-corrected chi connectivity index (χ1v) is 19.9. The van der Waals surface area contributed by atoms with Crippen LogP contribution < -0.4 is 0 Å². The van der Waals surface area contributed by atoms with Gasteiger partial charge in [0.1, 0.15) is 0 Å². The van der Waals surface area contributed by atoms with E-state index >= 15 is 0 Å². The van der Waals surface area contributed by atoms with Crippen LogP contribution in [0.15, 0.2) is 200 Å². The lowest BCUT2D eigenvalue weighted by molar-refractivity contribution is 1.14. The second kappa shape index (κ2) is 12.9. The number of aromatic nitrogens is 4. The van der Waals surface area contributed by atoms with E-state index in [0.29, 0.717) is 5.56 Å². The van der Waals surface area contributed by atoms with Gasteiger partial charge in [-0.1, -0.05) is 115 Å². The lowest BCUT2D eigenvalue weighted by atomic mass is 9.99. The fourth-order valence-electron chi connectivity index (χ4n) is 9.36. The minimum atomic E-state index is 0.625. The fourth-order valence-corrected chi connectivity index (χ4v) is 9.36. The van der Waals surface area contributed by atoms with Crippen molar-refractivity contribution in [1.82, 2.24) is 18.7 Å². The molecule has 0 saturated carbocycles. The van der Waals surface area contributed by atoms with Crippen LogP contribution in [0.25, 0.3) is 105 Å². The molecule has 0 aliphatic rings. The molecule has 0 amide bonds. The van der Waals surface area contributed by atoms with Crippen LogP contribution >= 0.6 is 0 Å². The van der Waals surface area contributed by atoms with Crippen molar-refractivity contribution < 1.29 is 0 Å². The highest BCUT2D eigenvalue weighted by Crippen LogP contribution is 2.43. The molecule has 8 aromatic carbocycles. The summed E-state index contributed by atoms with van der Waals surface area (Å²) in [7, 11) is 0. The van der Waals surface area contributed by atoms with Crippen LogP contribution in [0.3, 0.4) is 0 Å². The average molecular weight is 752 g/mol. The second-order valence-electron chi connectivity index (χ2n) is 15.1. The van der Waals surface area contributed by atoms with Crippen molar-refractivity contribution >= 4 is 65.4 Å². The molecule has 0 bridgehead atoms. The number of rotatable bonds is 5. The van der Waals surface area contributed by atoms with Crippen LogP contribution in [0.5, 0.6) is 0 Å². The molecule has 0 unspecified atom stereocenters. The lowest BCUT2D eigenvalue weighted by Gasteiger charge is -2.18. The van der Waals surface area contributed by atoms with E-state index in [4.69, 9.17) is 4.98 Å². The Kier molecular flexibility index (Phi) is 7.22. The smallest absolute Gasteiger partial charge is 0.0991 e. The summed E-state index contributed by atoms with van der Waals surface area (Å²) in [5.41, 5.74) is 14.6. The number of hydrogen-bond donors (Lipinski definition) is 0. The van der Waals surface area contributed by atoms with Crippen LogP contribution in [-0.2, 0) is 0 Å². The second-order valence-corrected chi connectivity index (χ2v) is 15.1. The highest BCUT2D eigenvalue weighted by atomic mass is 15.0. The van der Waals surface area contributed by atoms with Gasteiger partial charge in [-0.25, -0.2) is 0 Å². The van der Waals surface area contributed by atoms with Gasteiger partial charge in [-0.2, -0.15) is 5.26 Å². The van der Waals surface area contributed by atoms with E-state index < -0.39 is 0 Å². The quantitative estimate of drug-likeness (QED) is 0.176. The van der Waals surface area contributed by atoms with Crippen molar-refractivity contribution in [3.8, 4) is 45.5 Å². The van der Waals surface area contributed by atoms with Crippen molar-refractivity contribution in [2.45, 2.75) is 0 Å². The summed E-state index contributed by atoms with van der Waals surface area (Å²) >= 11 is 0. The van der Waals surface area contributed by atoms with Crippen molar-refractivity contribution in [1.29, 1.82) is 5.26 Å². The number of nitrogens with zero attached hydrogens (tertiary/aromatic N) is 5. The molecule has 0 aliphatic heterocycles. The Hall–Kier alpha value is -8.20. The highest BCUT2D eigenvalue weighted by molar-refractivity contribution is 6.14. The van der Waals surface area contributed by atoms with Gasteiger partial charge >= 0.3 is 0 Å². The summed E-state index contributed by atoms with van der Waals surface area (Å²) in [6.07, 6.45) is 1.90. The third-order valence-electron chi connectivity index (χ3n) is 11.9. The zero-order chi connectivity index (χ0) is 39.0. The molecular formula is C54H33N5. The summed E-state index contributed by atoms with van der Waals surface area (Å²) in [6, 6.07) is 71.2. The molecule has 0 radical (unpaired) electrons. The minimum Gasteiger partial charge on any atom is -0.309 e. The van der Waals surface area contributed by atoms with Crippen molar-refractivity contribution in [2.24, 2.45) is 0 Å². The predicted molar refractivity (Wildman–Crippen MR) is 243 cm³/mol. The van der Waals surface area contributed by atoms with Crippen LogP contribution in [0.2, 0.25) is 0 Å². The Balaban J connectivity index is 1.21. The van der Waals surface area contributed by atoms with Crippen LogP contribution in [0, 0.1) is 11.3 Å². The first kappa shape index (κ1) is 33.0. The van der Waals surface area contributed by atoms with E-state index in [0.717, 1.165) is 61.3 Å². The Morgan fingerprint density at radius 3 is 1.29 bits per heavy atom. The maximum absolute atomic E-state index is 9.68. The molecular weight excluding hydrogens is 719 g/mol. The number of fused-ring (bicyclic) bond motifs is 9. The Morgan fingerprint density at radius 1 is 0.373 bits per heavy atom. The van der Waals surface area contributed by atoms with Gasteiger partial charge < -0.3 is 13.7 Å². The molecule has 274 valence electrons. The van der Waals surface area contributed by atoms with E-state index in [-0.39, 0.29) is 0 Å². The van der Waals surface area contributed by atoms with E-state index in [9.17, 15) is 5.26 Å². The molecule has 4 aromatic heterocycles. The fraction of sp³-hybridized carbons (Fsp3) is 0. The summed E-state index contributed by atoms with van der Waals surface area (Å²) in [5.74, 6) is 0. The van der Waals surface area contributed by atoms with Crippen LogP contribution in [0.4, 0.5) is 0 Å². The Labute approximate surface area is 339 Å². The molecule has 59 heavy (non-hydrogen) atoms. The molecule has 12 aromatic rings. The third-order valence-corrected chi connectivity index (χ3v) is 11.9. The average Bonchev–Trinajstić information content (AvgIpc) is 3.94. The van der Waals surface area contributed by atoms with Gasteiger partial charge in [0.15, 0.2) is 0 Å². The predicted octanol–water partition coefficient (Wildman–Crippen LogP) is 13.6. The molecule has 5 heteroatoms. The molecule has 0 N–H and O–H groups in total. The molecule has 0 saturated heterocycles. The number of hydrogen-bond acceptors (Lipinski definition) is 2. The molecule has 5 nitrogen and oxygen atoms in total. The summed E-state index contributed by atoms with van der Waals surface area (Å²) in [6.45, 7) is 0. The summed E-state index contributed by atoms with van der Waals surface area (Å²) < 4.78 is 7.19. The van der Waals surface area contributed by atoms with E-state index in [1.165, 1.54) is 43.6 Å². The largest absolute Gasteiger partial charge is 0.309 e. The standard InChI is InChI=1S/C54H33N5/c55-34-35-22-24-36(25-23-35)40-30-31-56-53(37-12-2-1-3-13-37)54(40)59-51-28-26-38(57-47-18-8-4-14-41(47)42-15-5-9-19-48(42)57)32-45(51)46-33-39(27-29-52(46)59)58-49-20-10-6-16-43(49)44-17-7-11-21-50(44)58/h1-33H. The Bertz CT molecular complexity index is 3390. The van der Waals surface area contributed by atoms with Crippen molar-refractivity contribution in [3.05, 3.63) is 206 Å². The Morgan fingerprint density at radius 2 is 0.814 bits per heavy atom. The minimum absolute atomic E-state index is 0.625. The van der Waals surface area contributed by atoms with Gasteiger partial charge in [-0.3, -0.25) is 4.98 Å². The third kappa shape index (κ3) is 4.94. The molecule has 0 aliphatic carbocycles. The van der Waals surface area contributed by atoms with E-state index in [1.54, 1.807) is 0 Å². The lowest BCUT2D eigenvalue weighted by Crippen LogP contribution is -2.03. The highest BCUT2D eigenvalue weighted by Gasteiger charge is 2.23. The van der Waals surface area contributed by atoms with Crippen molar-refractivity contribution in [2.75, 3.05) is 0 Å². The van der Waals surface area contributed by atoms with Gasteiger partial charge in [0.2, 0.25) is 0 Å². The van der Waals surface area contributed by atoms with Crippen molar-refractivity contribution in [3.63, 3.8) is 0 Å². The van der Waals surface area contributed by atoms with Crippen LogP contribution in [0.1, 0.15) is 5.56 Å². The SMILES string of the molecule is N#Cc1ccc(-c2ccnc(-c3ccccc3)c2-n2c3ccc(-n4c5ccccc5c5ccccc54)cc3c3cc(-n4c5ccccc5c5ccccc54)ccc32)cc1. The number of benzene rings is 8. The van der Waals surface area contributed by atoms with Gasteiger partial charge in [0, 0.05) is 61.0 Å². The normalized spacial score (nSPS) is 11.7. The first-order chi connectivity index (χ1) is 29.2. The summed E-state index contributed by atoms with van der Waals surface area (Å²) in [4.78, 5) is 5.11. The molecule has 0 fully saturated rings. The zero-order valence-electron chi connectivity index (χ0n) is 31.8. The van der Waals surface area contributed by atoms with Gasteiger partial charge in [0.05, 0.1) is 56.1 Å². The summed E-state index contributed by atoms with van der Waals surface area (Å²) in [5, 5.41) is 16.9.